The Balaban J connectivity index is 3.24. The van der Waals surface area contributed by atoms with Crippen LogP contribution in [0.1, 0.15) is 10.5 Å². The fraction of sp³-hybridized carbons (Fsp3) is 0.167. The zero-order chi connectivity index (χ0) is 14.6. The van der Waals surface area contributed by atoms with Crippen LogP contribution in [0, 0.1) is 0 Å². The van der Waals surface area contributed by atoms with Crippen LogP contribution < -0.4 is 0 Å². The Kier molecular flexibility index (Phi) is 6.14. The van der Waals surface area contributed by atoms with Crippen LogP contribution in [-0.2, 0) is 0 Å². The van der Waals surface area contributed by atoms with Gasteiger partial charge in [0.2, 0.25) is 0 Å². The quantitative estimate of drug-likeness (QED) is 0.584. The van der Waals surface area contributed by atoms with Gasteiger partial charge in [-0.05, 0) is 0 Å². The molecule has 0 fully saturated rings. The fourth-order valence-corrected chi connectivity index (χ4v) is 2.14. The molecule has 0 aromatic carbocycles. The van der Waals surface area contributed by atoms with Crippen LogP contribution in [0.5, 0.6) is 0 Å². The van der Waals surface area contributed by atoms with Crippen molar-refractivity contribution in [3.63, 3.8) is 0 Å². The van der Waals surface area contributed by atoms with Crippen LogP contribution in [-0.4, -0.2) is 28.9 Å². The minimum Gasteiger partial charge on any atom is -0.330 e. The summed E-state index contributed by atoms with van der Waals surface area (Å²) >= 11 is 23.5. The Hall–Kier alpha value is -0.740. The third kappa shape index (κ3) is 3.63. The summed E-state index contributed by atoms with van der Waals surface area (Å²) in [7, 11) is 0. The molecule has 7 heteroatoms. The fourth-order valence-electron chi connectivity index (χ4n) is 1.33. The van der Waals surface area contributed by atoms with E-state index in [1.807, 2.05) is 0 Å². The third-order valence-electron chi connectivity index (χ3n) is 2.17. The molecule has 1 rings (SSSR count). The molecular weight excluding hydrogens is 330 g/mol. The van der Waals surface area contributed by atoms with E-state index in [-0.39, 0.29) is 25.9 Å². The molecular formula is C12H10Cl4N2O. The number of halogens is 4. The van der Waals surface area contributed by atoms with Gasteiger partial charge >= 0.3 is 0 Å². The van der Waals surface area contributed by atoms with Gasteiger partial charge in [0.15, 0.2) is 0 Å². The molecule has 0 saturated carbocycles. The lowest BCUT2D eigenvalue weighted by Crippen LogP contribution is -2.32. The molecule has 0 aliphatic rings. The molecule has 1 heterocycles. The number of hydrogen-bond donors (Lipinski definition) is 0. The van der Waals surface area contributed by atoms with E-state index >= 15 is 0 Å². The maximum atomic E-state index is 12.3. The second-order valence-corrected chi connectivity index (χ2v) is 4.97. The standard InChI is InChI=1S/C12H10Cl4N2O/c1-3-5-18(6-4-2)12(19)10-8(14)7(13)9(15)11(16)17-10/h3-4H,1-2,5-6H2. The highest BCUT2D eigenvalue weighted by atomic mass is 35.5. The topological polar surface area (TPSA) is 33.2 Å². The highest BCUT2D eigenvalue weighted by Crippen LogP contribution is 2.36. The van der Waals surface area contributed by atoms with E-state index in [1.165, 1.54) is 4.90 Å². The van der Waals surface area contributed by atoms with Crippen molar-refractivity contribution in [2.24, 2.45) is 0 Å². The molecule has 0 N–H and O–H groups in total. The highest BCUT2D eigenvalue weighted by molar-refractivity contribution is 6.52. The average molecular weight is 340 g/mol. The van der Waals surface area contributed by atoms with Crippen molar-refractivity contribution < 1.29 is 4.79 Å². The lowest BCUT2D eigenvalue weighted by Gasteiger charge is -2.19. The van der Waals surface area contributed by atoms with Crippen molar-refractivity contribution in [1.82, 2.24) is 9.88 Å². The van der Waals surface area contributed by atoms with Crippen molar-refractivity contribution in [3.05, 3.63) is 51.2 Å². The van der Waals surface area contributed by atoms with Crippen LogP contribution in [0.25, 0.3) is 0 Å². The van der Waals surface area contributed by atoms with Gasteiger partial charge in [-0.2, -0.15) is 0 Å². The van der Waals surface area contributed by atoms with Crippen molar-refractivity contribution in [3.8, 4) is 0 Å². The smallest absolute Gasteiger partial charge is 0.274 e. The van der Waals surface area contributed by atoms with Gasteiger partial charge in [-0.15, -0.1) is 13.2 Å². The van der Waals surface area contributed by atoms with E-state index < -0.39 is 5.91 Å². The molecule has 1 aromatic rings. The summed E-state index contributed by atoms with van der Waals surface area (Å²) in [4.78, 5) is 17.6. The predicted octanol–water partition coefficient (Wildman–Crippen LogP) is 4.51. The van der Waals surface area contributed by atoms with E-state index in [0.717, 1.165) is 0 Å². The molecule has 0 spiro atoms. The number of carbonyl (C=O) groups excluding carboxylic acids is 1. The summed E-state index contributed by atoms with van der Waals surface area (Å²) in [5, 5.41) is -0.0801. The van der Waals surface area contributed by atoms with Crippen LogP contribution in [0.4, 0.5) is 0 Å². The monoisotopic (exact) mass is 338 g/mol. The van der Waals surface area contributed by atoms with Gasteiger partial charge in [-0.1, -0.05) is 58.6 Å². The Morgan fingerprint density at radius 1 is 1.05 bits per heavy atom. The minimum absolute atomic E-state index is 0.00356. The normalized spacial score (nSPS) is 10.1. The summed E-state index contributed by atoms with van der Waals surface area (Å²) in [5.74, 6) is -0.426. The summed E-state index contributed by atoms with van der Waals surface area (Å²) in [6.07, 6.45) is 3.16. The van der Waals surface area contributed by atoms with Crippen molar-refractivity contribution in [2.75, 3.05) is 13.1 Å². The molecule has 1 amide bonds. The summed E-state index contributed by atoms with van der Waals surface area (Å²) in [6, 6.07) is 0. The van der Waals surface area contributed by atoms with Crippen molar-refractivity contribution >= 4 is 52.3 Å². The molecule has 0 unspecified atom stereocenters. The molecule has 0 saturated heterocycles. The molecule has 3 nitrogen and oxygen atoms in total. The molecule has 0 aliphatic carbocycles. The molecule has 19 heavy (non-hydrogen) atoms. The number of aromatic nitrogens is 1. The molecule has 102 valence electrons. The maximum absolute atomic E-state index is 12.3. The maximum Gasteiger partial charge on any atom is 0.274 e. The highest BCUT2D eigenvalue weighted by Gasteiger charge is 2.23. The molecule has 0 bridgehead atoms. The van der Waals surface area contributed by atoms with Gasteiger partial charge in [0, 0.05) is 13.1 Å². The van der Waals surface area contributed by atoms with E-state index in [2.05, 4.69) is 18.1 Å². The minimum atomic E-state index is -0.426. The Bertz CT molecular complexity index is 521. The van der Waals surface area contributed by atoms with E-state index in [9.17, 15) is 4.79 Å². The first-order valence-corrected chi connectivity index (χ1v) is 6.66. The molecule has 0 radical (unpaired) electrons. The summed E-state index contributed by atoms with van der Waals surface area (Å²) in [5.41, 5.74) is -0.0511. The summed E-state index contributed by atoms with van der Waals surface area (Å²) < 4.78 is 0. The average Bonchev–Trinajstić information content (AvgIpc) is 2.39. The number of amides is 1. The number of carbonyl (C=O) groups is 1. The number of hydrogen-bond acceptors (Lipinski definition) is 2. The van der Waals surface area contributed by atoms with E-state index in [1.54, 1.807) is 12.2 Å². The zero-order valence-corrected chi connectivity index (χ0v) is 12.8. The van der Waals surface area contributed by atoms with Gasteiger partial charge in [-0.25, -0.2) is 4.98 Å². The first-order chi connectivity index (χ1) is 8.93. The van der Waals surface area contributed by atoms with Gasteiger partial charge in [0.25, 0.3) is 5.91 Å². The first kappa shape index (κ1) is 16.3. The Morgan fingerprint density at radius 2 is 1.58 bits per heavy atom. The lowest BCUT2D eigenvalue weighted by molar-refractivity contribution is 0.0785. The van der Waals surface area contributed by atoms with Gasteiger partial charge < -0.3 is 4.90 Å². The zero-order valence-electron chi connectivity index (χ0n) is 9.80. The van der Waals surface area contributed by atoms with Crippen LogP contribution >= 0.6 is 46.4 Å². The second-order valence-electron chi connectivity index (χ2n) is 3.48. The Labute approximate surface area is 131 Å². The molecule has 0 aliphatic heterocycles. The van der Waals surface area contributed by atoms with Gasteiger partial charge in [0.05, 0.1) is 15.1 Å². The largest absolute Gasteiger partial charge is 0.330 e. The van der Waals surface area contributed by atoms with Gasteiger partial charge in [-0.3, -0.25) is 4.79 Å². The van der Waals surface area contributed by atoms with Crippen LogP contribution in [0.15, 0.2) is 25.3 Å². The predicted molar refractivity (Wildman–Crippen MR) is 80.6 cm³/mol. The van der Waals surface area contributed by atoms with Crippen LogP contribution in [0.3, 0.4) is 0 Å². The number of rotatable bonds is 5. The van der Waals surface area contributed by atoms with Crippen LogP contribution in [0.2, 0.25) is 20.2 Å². The Morgan fingerprint density at radius 3 is 2.05 bits per heavy atom. The van der Waals surface area contributed by atoms with Gasteiger partial charge in [0.1, 0.15) is 10.8 Å². The van der Waals surface area contributed by atoms with Crippen molar-refractivity contribution in [2.45, 2.75) is 0 Å². The van der Waals surface area contributed by atoms with E-state index in [4.69, 9.17) is 46.4 Å². The third-order valence-corrected chi connectivity index (χ3v) is 3.85. The second kappa shape index (κ2) is 7.15. The molecule has 0 atom stereocenters. The summed E-state index contributed by atoms with van der Waals surface area (Å²) in [6.45, 7) is 7.79. The van der Waals surface area contributed by atoms with E-state index in [0.29, 0.717) is 13.1 Å². The number of pyridine rings is 1. The molecule has 1 aromatic heterocycles. The lowest BCUT2D eigenvalue weighted by atomic mass is 10.3. The number of nitrogens with zero attached hydrogens (tertiary/aromatic N) is 2. The first-order valence-electron chi connectivity index (χ1n) is 5.15. The van der Waals surface area contributed by atoms with Crippen molar-refractivity contribution in [1.29, 1.82) is 0 Å². The SMILES string of the molecule is C=CCN(CC=C)C(=O)c1nc(Cl)c(Cl)c(Cl)c1Cl.